The summed E-state index contributed by atoms with van der Waals surface area (Å²) < 4.78 is 5.42. The van der Waals surface area contributed by atoms with Gasteiger partial charge in [-0.1, -0.05) is 0 Å². The van der Waals surface area contributed by atoms with Crippen molar-refractivity contribution in [1.29, 1.82) is 0 Å². The average Bonchev–Trinajstić information content (AvgIpc) is 2.34. The molecule has 1 aliphatic heterocycles. The van der Waals surface area contributed by atoms with Crippen molar-refractivity contribution in [1.82, 2.24) is 5.32 Å². The molecule has 4 heteroatoms. The Morgan fingerprint density at radius 2 is 2.00 bits per heavy atom. The number of hydrogen-bond acceptors (Lipinski definition) is 3. The number of nitrogens with zero attached hydrogens (tertiary/aromatic N) is 1. The fourth-order valence-electron chi connectivity index (χ4n) is 2.15. The first-order chi connectivity index (χ1) is 8.53. The minimum Gasteiger partial charge on any atom is -0.494 e. The average molecular weight is 248 g/mol. The smallest absolute Gasteiger partial charge is 0.239 e. The molecule has 0 saturated carbocycles. The topological polar surface area (TPSA) is 41.6 Å². The van der Waals surface area contributed by atoms with Crippen LogP contribution >= 0.6 is 0 Å². The van der Waals surface area contributed by atoms with Crippen LogP contribution in [0.15, 0.2) is 24.3 Å². The van der Waals surface area contributed by atoms with Gasteiger partial charge in [-0.3, -0.25) is 4.79 Å². The van der Waals surface area contributed by atoms with Gasteiger partial charge in [0.25, 0.3) is 0 Å². The largest absolute Gasteiger partial charge is 0.494 e. The predicted octanol–water partition coefficient (Wildman–Crippen LogP) is 1.80. The van der Waals surface area contributed by atoms with Crippen molar-refractivity contribution in [3.05, 3.63) is 24.3 Å². The molecule has 0 unspecified atom stereocenters. The molecule has 4 nitrogen and oxygen atoms in total. The highest BCUT2D eigenvalue weighted by molar-refractivity contribution is 5.83. The Bertz CT molecular complexity index is 426. The Hall–Kier alpha value is -1.71. The number of carbonyl (C=O) groups is 1. The van der Waals surface area contributed by atoms with Crippen molar-refractivity contribution in [2.45, 2.75) is 26.3 Å². The zero-order valence-corrected chi connectivity index (χ0v) is 11.2. The van der Waals surface area contributed by atoms with E-state index >= 15 is 0 Å². The molecule has 0 atom stereocenters. The lowest BCUT2D eigenvalue weighted by molar-refractivity contribution is -0.121. The van der Waals surface area contributed by atoms with Gasteiger partial charge in [-0.05, 0) is 45.0 Å². The standard InChI is InChI=1S/C14H20N2O2/c1-4-18-12-7-5-11(6-8-12)16-9-13(17)15-10-14(16,2)3/h5-8H,4,9-10H2,1-3H3,(H,15,17). The first-order valence-electron chi connectivity index (χ1n) is 6.30. The summed E-state index contributed by atoms with van der Waals surface area (Å²) >= 11 is 0. The van der Waals surface area contributed by atoms with Gasteiger partial charge < -0.3 is 15.0 Å². The van der Waals surface area contributed by atoms with Crippen LogP contribution in [0.25, 0.3) is 0 Å². The molecule has 1 saturated heterocycles. The molecular formula is C14H20N2O2. The molecule has 1 amide bonds. The van der Waals surface area contributed by atoms with Gasteiger partial charge in [0.2, 0.25) is 5.91 Å². The number of nitrogens with one attached hydrogen (secondary N) is 1. The van der Waals surface area contributed by atoms with Gasteiger partial charge in [-0.15, -0.1) is 0 Å². The minimum absolute atomic E-state index is 0.0684. The summed E-state index contributed by atoms with van der Waals surface area (Å²) in [7, 11) is 0. The highest BCUT2D eigenvalue weighted by atomic mass is 16.5. The third-order valence-electron chi connectivity index (χ3n) is 3.21. The van der Waals surface area contributed by atoms with Gasteiger partial charge >= 0.3 is 0 Å². The lowest BCUT2D eigenvalue weighted by Crippen LogP contribution is -2.60. The number of carbonyl (C=O) groups excluding carboxylic acids is 1. The molecule has 1 aliphatic rings. The molecule has 1 aromatic carbocycles. The molecular weight excluding hydrogens is 228 g/mol. The minimum atomic E-state index is -0.0684. The maximum atomic E-state index is 11.5. The zero-order valence-electron chi connectivity index (χ0n) is 11.2. The summed E-state index contributed by atoms with van der Waals surface area (Å²) in [5.41, 5.74) is 0.986. The third kappa shape index (κ3) is 2.58. The number of anilines is 1. The first-order valence-corrected chi connectivity index (χ1v) is 6.30. The van der Waals surface area contributed by atoms with E-state index in [1.165, 1.54) is 0 Å². The Morgan fingerprint density at radius 3 is 2.61 bits per heavy atom. The van der Waals surface area contributed by atoms with Crippen molar-refractivity contribution in [3.63, 3.8) is 0 Å². The van der Waals surface area contributed by atoms with E-state index in [9.17, 15) is 4.79 Å². The van der Waals surface area contributed by atoms with Crippen LogP contribution in [-0.4, -0.2) is 31.1 Å². The molecule has 1 fully saturated rings. The van der Waals surface area contributed by atoms with E-state index in [2.05, 4.69) is 24.1 Å². The van der Waals surface area contributed by atoms with Gasteiger partial charge in [0.1, 0.15) is 5.75 Å². The summed E-state index contributed by atoms with van der Waals surface area (Å²) in [6.45, 7) is 7.95. The fourth-order valence-corrected chi connectivity index (χ4v) is 2.15. The second kappa shape index (κ2) is 4.88. The summed E-state index contributed by atoms with van der Waals surface area (Å²) in [6, 6.07) is 7.90. The molecule has 1 heterocycles. The van der Waals surface area contributed by atoms with E-state index in [1.807, 2.05) is 31.2 Å². The van der Waals surface area contributed by atoms with Crippen LogP contribution in [0.2, 0.25) is 0 Å². The van der Waals surface area contributed by atoms with Gasteiger partial charge in [-0.2, -0.15) is 0 Å². The predicted molar refractivity (Wildman–Crippen MR) is 72.0 cm³/mol. The van der Waals surface area contributed by atoms with E-state index in [0.717, 1.165) is 11.4 Å². The van der Waals surface area contributed by atoms with Crippen molar-refractivity contribution in [3.8, 4) is 5.75 Å². The quantitative estimate of drug-likeness (QED) is 0.887. The second-order valence-electron chi connectivity index (χ2n) is 5.10. The molecule has 98 valence electrons. The van der Waals surface area contributed by atoms with Crippen LogP contribution in [0.4, 0.5) is 5.69 Å². The lowest BCUT2D eigenvalue weighted by Gasteiger charge is -2.43. The molecule has 0 radical (unpaired) electrons. The third-order valence-corrected chi connectivity index (χ3v) is 3.21. The van der Waals surface area contributed by atoms with Crippen molar-refractivity contribution < 1.29 is 9.53 Å². The van der Waals surface area contributed by atoms with Crippen molar-refractivity contribution in [2.24, 2.45) is 0 Å². The highest BCUT2D eigenvalue weighted by Gasteiger charge is 2.33. The highest BCUT2D eigenvalue weighted by Crippen LogP contribution is 2.27. The maximum Gasteiger partial charge on any atom is 0.239 e. The van der Waals surface area contributed by atoms with Gasteiger partial charge in [0.15, 0.2) is 0 Å². The fraction of sp³-hybridized carbons (Fsp3) is 0.500. The monoisotopic (exact) mass is 248 g/mol. The van der Waals surface area contributed by atoms with Crippen molar-refractivity contribution in [2.75, 3.05) is 24.6 Å². The Balaban J connectivity index is 2.20. The SMILES string of the molecule is CCOc1ccc(N2CC(=O)NCC2(C)C)cc1. The molecule has 1 N–H and O–H groups in total. The number of benzene rings is 1. The van der Waals surface area contributed by atoms with E-state index in [4.69, 9.17) is 4.74 Å². The summed E-state index contributed by atoms with van der Waals surface area (Å²) in [5.74, 6) is 0.934. The van der Waals surface area contributed by atoms with Crippen molar-refractivity contribution >= 4 is 11.6 Å². The van der Waals surface area contributed by atoms with Gasteiger partial charge in [0.05, 0.1) is 18.7 Å². The zero-order chi connectivity index (χ0) is 13.2. The van der Waals surface area contributed by atoms with Gasteiger partial charge in [0, 0.05) is 12.2 Å². The van der Waals surface area contributed by atoms with Crippen LogP contribution < -0.4 is 15.0 Å². The molecule has 2 rings (SSSR count). The van der Waals surface area contributed by atoms with Crippen LogP contribution in [0.1, 0.15) is 20.8 Å². The van der Waals surface area contributed by atoms with E-state index in [0.29, 0.717) is 19.7 Å². The molecule has 0 aromatic heterocycles. The number of piperazine rings is 1. The van der Waals surface area contributed by atoms with Gasteiger partial charge in [-0.25, -0.2) is 0 Å². The molecule has 0 spiro atoms. The van der Waals surface area contributed by atoms with E-state index in [1.54, 1.807) is 0 Å². The number of amides is 1. The van der Waals surface area contributed by atoms with E-state index < -0.39 is 0 Å². The molecule has 1 aromatic rings. The molecule has 18 heavy (non-hydrogen) atoms. The number of ether oxygens (including phenoxy) is 1. The van der Waals surface area contributed by atoms with E-state index in [-0.39, 0.29) is 11.4 Å². The number of hydrogen-bond donors (Lipinski definition) is 1. The Labute approximate surface area is 108 Å². The summed E-state index contributed by atoms with van der Waals surface area (Å²) in [6.07, 6.45) is 0. The lowest BCUT2D eigenvalue weighted by atomic mass is 9.99. The second-order valence-corrected chi connectivity index (χ2v) is 5.10. The molecule has 0 bridgehead atoms. The maximum absolute atomic E-state index is 11.5. The normalized spacial score (nSPS) is 18.4. The van der Waals surface area contributed by atoms with Crippen LogP contribution in [0.3, 0.4) is 0 Å². The Kier molecular flexibility index (Phi) is 3.45. The van der Waals surface area contributed by atoms with Crippen LogP contribution in [-0.2, 0) is 4.79 Å². The van der Waals surface area contributed by atoms with Crippen LogP contribution in [0, 0.1) is 0 Å². The van der Waals surface area contributed by atoms with Crippen LogP contribution in [0.5, 0.6) is 5.75 Å². The number of rotatable bonds is 3. The summed E-state index contributed by atoms with van der Waals surface area (Å²) in [4.78, 5) is 13.7. The first kappa shape index (κ1) is 12.7. The Morgan fingerprint density at radius 1 is 1.33 bits per heavy atom. The summed E-state index contributed by atoms with van der Waals surface area (Å²) in [5, 5.41) is 2.90. The molecule has 0 aliphatic carbocycles.